The van der Waals surface area contributed by atoms with Crippen molar-refractivity contribution in [1.29, 1.82) is 5.26 Å². The highest BCUT2D eigenvalue weighted by Crippen LogP contribution is 2.37. The minimum atomic E-state index is -4.87. The van der Waals surface area contributed by atoms with E-state index >= 15 is 0 Å². The van der Waals surface area contributed by atoms with Crippen molar-refractivity contribution in [2.24, 2.45) is 5.41 Å². The molecular weight excluding hydrogens is 365 g/mol. The summed E-state index contributed by atoms with van der Waals surface area (Å²) in [5.74, 6) is 0. The fraction of sp³-hybridized carbons (Fsp3) is 0.533. The van der Waals surface area contributed by atoms with Gasteiger partial charge in [0, 0.05) is 24.5 Å². The molecule has 0 bridgehead atoms. The fourth-order valence-electron chi connectivity index (χ4n) is 2.08. The van der Waals surface area contributed by atoms with Gasteiger partial charge in [-0.1, -0.05) is 32.4 Å². The van der Waals surface area contributed by atoms with Gasteiger partial charge < -0.3 is 0 Å². The molecule has 0 fully saturated rings. The maximum atomic E-state index is 13.2. The lowest BCUT2D eigenvalue weighted by molar-refractivity contribution is -0.139. The Morgan fingerprint density at radius 2 is 1.83 bits per heavy atom. The Bertz CT molecular complexity index is 735. The molecule has 0 aliphatic carbocycles. The third-order valence-corrected chi connectivity index (χ3v) is 5.13. The predicted octanol–water partition coefficient (Wildman–Crippen LogP) is 4.31. The van der Waals surface area contributed by atoms with Crippen LogP contribution in [-0.2, 0) is 16.2 Å². The van der Waals surface area contributed by atoms with E-state index in [2.05, 4.69) is 0 Å². The van der Waals surface area contributed by atoms with Gasteiger partial charge in [0.05, 0.1) is 16.5 Å². The van der Waals surface area contributed by atoms with Crippen LogP contribution >= 0.6 is 11.6 Å². The number of benzene rings is 1. The molecule has 4 nitrogen and oxygen atoms in total. The quantitative estimate of drug-likeness (QED) is 0.762. The van der Waals surface area contributed by atoms with E-state index in [0.717, 1.165) is 16.4 Å². The summed E-state index contributed by atoms with van der Waals surface area (Å²) in [6.45, 7) is 5.07. The lowest BCUT2D eigenvalue weighted by Gasteiger charge is -2.29. The van der Waals surface area contributed by atoms with Crippen LogP contribution in [0.5, 0.6) is 0 Å². The Kier molecular flexibility index (Phi) is 6.31. The molecular formula is C15H18ClF3N2O2S. The van der Waals surface area contributed by atoms with Gasteiger partial charge in [-0.25, -0.2) is 8.42 Å². The Hall–Kier alpha value is -1.30. The van der Waals surface area contributed by atoms with Crippen molar-refractivity contribution in [2.75, 3.05) is 13.1 Å². The average Bonchev–Trinajstić information content (AvgIpc) is 2.40. The van der Waals surface area contributed by atoms with E-state index in [1.165, 1.54) is 0 Å². The normalized spacial score (nSPS) is 13.1. The van der Waals surface area contributed by atoms with Crippen molar-refractivity contribution in [3.05, 3.63) is 28.8 Å². The SMILES string of the molecule is CC(C)(C)CN(CCC#N)S(=O)(=O)c1ccc(Cl)cc1C(F)(F)F. The molecule has 0 radical (unpaired) electrons. The predicted molar refractivity (Wildman–Crippen MR) is 84.9 cm³/mol. The van der Waals surface area contributed by atoms with Gasteiger partial charge in [-0.2, -0.15) is 22.7 Å². The van der Waals surface area contributed by atoms with Crippen LogP contribution in [0.15, 0.2) is 23.1 Å². The van der Waals surface area contributed by atoms with Crippen molar-refractivity contribution in [2.45, 2.75) is 38.3 Å². The number of rotatable bonds is 5. The molecule has 0 atom stereocenters. The van der Waals surface area contributed by atoms with E-state index in [1.807, 2.05) is 6.07 Å². The molecule has 0 aromatic heterocycles. The van der Waals surface area contributed by atoms with Gasteiger partial charge in [0.15, 0.2) is 0 Å². The van der Waals surface area contributed by atoms with Crippen LogP contribution in [0.2, 0.25) is 5.02 Å². The van der Waals surface area contributed by atoms with E-state index in [4.69, 9.17) is 16.9 Å². The second-order valence-corrected chi connectivity index (χ2v) is 8.79. The van der Waals surface area contributed by atoms with E-state index in [-0.39, 0.29) is 24.5 Å². The van der Waals surface area contributed by atoms with E-state index < -0.39 is 32.1 Å². The highest BCUT2D eigenvalue weighted by Gasteiger charge is 2.40. The minimum absolute atomic E-state index is 0.0169. The van der Waals surface area contributed by atoms with Gasteiger partial charge in [-0.3, -0.25) is 0 Å². The summed E-state index contributed by atoms with van der Waals surface area (Å²) in [5, 5.41) is 8.49. The monoisotopic (exact) mass is 382 g/mol. The first kappa shape index (κ1) is 20.7. The maximum Gasteiger partial charge on any atom is 0.417 e. The topological polar surface area (TPSA) is 61.2 Å². The van der Waals surface area contributed by atoms with Crippen molar-refractivity contribution >= 4 is 21.6 Å². The maximum absolute atomic E-state index is 13.2. The Morgan fingerprint density at radius 3 is 2.29 bits per heavy atom. The zero-order valence-electron chi connectivity index (χ0n) is 13.5. The smallest absolute Gasteiger partial charge is 0.207 e. The summed E-state index contributed by atoms with van der Waals surface area (Å²) in [7, 11) is -4.43. The van der Waals surface area contributed by atoms with Crippen LogP contribution < -0.4 is 0 Å². The van der Waals surface area contributed by atoms with Crippen LogP contribution in [0.1, 0.15) is 32.8 Å². The third kappa shape index (κ3) is 5.36. The van der Waals surface area contributed by atoms with Crippen LogP contribution in [0.4, 0.5) is 13.2 Å². The average molecular weight is 383 g/mol. The summed E-state index contributed by atoms with van der Waals surface area (Å²) in [4.78, 5) is -0.860. The third-order valence-electron chi connectivity index (χ3n) is 2.99. The van der Waals surface area contributed by atoms with Crippen LogP contribution in [0.25, 0.3) is 0 Å². The molecule has 0 saturated carbocycles. The lowest BCUT2D eigenvalue weighted by atomic mass is 9.97. The van der Waals surface area contributed by atoms with Gasteiger partial charge in [-0.05, 0) is 23.6 Å². The Balaban J connectivity index is 3.47. The molecule has 1 aromatic carbocycles. The fourth-order valence-corrected chi connectivity index (χ4v) is 4.11. The molecule has 134 valence electrons. The van der Waals surface area contributed by atoms with Crippen LogP contribution in [0, 0.1) is 16.7 Å². The first-order chi connectivity index (χ1) is 10.8. The Labute approximate surface area is 144 Å². The van der Waals surface area contributed by atoms with Gasteiger partial charge in [0.25, 0.3) is 0 Å². The number of hydrogen-bond acceptors (Lipinski definition) is 3. The van der Waals surface area contributed by atoms with E-state index in [1.54, 1.807) is 20.8 Å². The molecule has 9 heteroatoms. The first-order valence-electron chi connectivity index (χ1n) is 7.03. The van der Waals surface area contributed by atoms with Crippen molar-refractivity contribution in [3.63, 3.8) is 0 Å². The van der Waals surface area contributed by atoms with Gasteiger partial charge >= 0.3 is 6.18 Å². The highest BCUT2D eigenvalue weighted by atomic mass is 35.5. The second kappa shape index (κ2) is 7.30. The molecule has 24 heavy (non-hydrogen) atoms. The number of nitriles is 1. The second-order valence-electron chi connectivity index (χ2n) is 6.45. The zero-order valence-corrected chi connectivity index (χ0v) is 15.1. The van der Waals surface area contributed by atoms with Gasteiger partial charge in [0.1, 0.15) is 0 Å². The summed E-state index contributed by atoms with van der Waals surface area (Å²) >= 11 is 5.59. The van der Waals surface area contributed by atoms with Crippen molar-refractivity contribution < 1.29 is 21.6 Å². The van der Waals surface area contributed by atoms with Gasteiger partial charge in [0.2, 0.25) is 10.0 Å². The molecule has 0 unspecified atom stereocenters. The summed E-state index contributed by atoms with van der Waals surface area (Å²) in [6.07, 6.45) is -4.99. The molecule has 0 saturated heterocycles. The number of nitrogens with zero attached hydrogens (tertiary/aromatic N) is 2. The molecule has 0 N–H and O–H groups in total. The molecule has 0 heterocycles. The number of sulfonamides is 1. The molecule has 0 aliphatic rings. The summed E-state index contributed by atoms with van der Waals surface area (Å²) in [5.41, 5.74) is -1.81. The number of alkyl halides is 3. The first-order valence-corrected chi connectivity index (χ1v) is 8.85. The van der Waals surface area contributed by atoms with Gasteiger partial charge in [-0.15, -0.1) is 0 Å². The van der Waals surface area contributed by atoms with Crippen molar-refractivity contribution in [3.8, 4) is 6.07 Å². The minimum Gasteiger partial charge on any atom is -0.207 e. The molecule has 0 amide bonds. The Morgan fingerprint density at radius 1 is 1.25 bits per heavy atom. The van der Waals surface area contributed by atoms with Crippen LogP contribution in [0.3, 0.4) is 0 Å². The largest absolute Gasteiger partial charge is 0.417 e. The highest BCUT2D eigenvalue weighted by molar-refractivity contribution is 7.89. The summed E-state index contributed by atoms with van der Waals surface area (Å²) < 4.78 is 66.1. The molecule has 0 spiro atoms. The zero-order chi connectivity index (χ0) is 18.8. The standard InChI is InChI=1S/C15H18ClF3N2O2S/c1-14(2,3)10-21(8-4-7-20)24(22,23)13-6-5-11(16)9-12(13)15(17,18)19/h5-6,9H,4,8,10H2,1-3H3. The van der Waals surface area contributed by atoms with Crippen molar-refractivity contribution in [1.82, 2.24) is 4.31 Å². The van der Waals surface area contributed by atoms with E-state index in [9.17, 15) is 21.6 Å². The number of halogens is 4. The molecule has 1 aromatic rings. The van der Waals surface area contributed by atoms with E-state index in [0.29, 0.717) is 6.07 Å². The lowest BCUT2D eigenvalue weighted by Crippen LogP contribution is -2.39. The van der Waals surface area contributed by atoms with Crippen LogP contribution in [-0.4, -0.2) is 25.8 Å². The summed E-state index contributed by atoms with van der Waals surface area (Å²) in [6, 6.07) is 4.35. The number of hydrogen-bond donors (Lipinski definition) is 0. The molecule has 0 aliphatic heterocycles. The molecule has 1 rings (SSSR count).